The Morgan fingerprint density at radius 1 is 0.846 bits per heavy atom. The van der Waals surface area contributed by atoms with Gasteiger partial charge in [-0.25, -0.2) is 0 Å². The van der Waals surface area contributed by atoms with Gasteiger partial charge in [0.15, 0.2) is 0 Å². The molecule has 0 saturated carbocycles. The van der Waals surface area contributed by atoms with E-state index in [-0.39, 0.29) is 0 Å². The molecule has 0 fully saturated rings. The predicted molar refractivity (Wildman–Crippen MR) is 113 cm³/mol. The molecule has 0 bridgehead atoms. The van der Waals surface area contributed by atoms with Gasteiger partial charge in [0.2, 0.25) is 0 Å². The zero-order valence-corrected chi connectivity index (χ0v) is 16.2. The van der Waals surface area contributed by atoms with Crippen LogP contribution in [0.4, 0.5) is 5.69 Å². The van der Waals surface area contributed by atoms with Crippen LogP contribution < -0.4 is 0 Å². The van der Waals surface area contributed by atoms with E-state index in [1.54, 1.807) is 0 Å². The number of hydrogen-bond acceptors (Lipinski definition) is 3. The fraction of sp³-hybridized carbons (Fsp3) is 0.174. The molecule has 0 aliphatic carbocycles. The Balaban J connectivity index is 1.73. The molecule has 0 radical (unpaired) electrons. The highest BCUT2D eigenvalue weighted by molar-refractivity contribution is 8.00. The molecule has 0 N–H and O–H groups in total. The third-order valence-electron chi connectivity index (χ3n) is 5.15. The molecule has 0 spiro atoms. The summed E-state index contributed by atoms with van der Waals surface area (Å²) in [6.45, 7) is 2.23. The summed E-state index contributed by atoms with van der Waals surface area (Å²) < 4.78 is 0. The van der Waals surface area contributed by atoms with Crippen LogP contribution in [0.1, 0.15) is 21.9 Å². The zero-order chi connectivity index (χ0) is 17.5. The monoisotopic (exact) mass is 373 g/mol. The predicted octanol–water partition coefficient (Wildman–Crippen LogP) is 6.68. The number of aryl methyl sites for hydroxylation is 1. The van der Waals surface area contributed by atoms with Crippen molar-refractivity contribution in [1.82, 2.24) is 0 Å². The van der Waals surface area contributed by atoms with Crippen molar-refractivity contribution in [1.29, 1.82) is 0 Å². The number of benzene rings is 3. The molecule has 2 aliphatic heterocycles. The van der Waals surface area contributed by atoms with Crippen molar-refractivity contribution in [2.45, 2.75) is 22.0 Å². The third-order valence-corrected chi connectivity index (χ3v) is 7.78. The van der Waals surface area contributed by atoms with E-state index >= 15 is 0 Å². The number of fused-ring (bicyclic) bond motifs is 4. The minimum absolute atomic E-state index is 0.388. The van der Waals surface area contributed by atoms with E-state index in [4.69, 9.17) is 4.99 Å². The largest absolute Gasteiger partial charge is 0.251 e. The molecule has 3 heteroatoms. The molecule has 26 heavy (non-hydrogen) atoms. The minimum Gasteiger partial charge on any atom is -0.251 e. The first-order valence-corrected chi connectivity index (χ1v) is 10.8. The highest BCUT2D eigenvalue weighted by atomic mass is 32.2. The van der Waals surface area contributed by atoms with Gasteiger partial charge in [0.1, 0.15) is 0 Å². The lowest BCUT2D eigenvalue weighted by molar-refractivity contribution is 0.751. The quantitative estimate of drug-likeness (QED) is 0.471. The number of rotatable bonds is 1. The molecule has 2 heterocycles. The topological polar surface area (TPSA) is 12.4 Å². The van der Waals surface area contributed by atoms with E-state index in [1.165, 1.54) is 32.2 Å². The molecule has 128 valence electrons. The molecule has 3 aromatic carbocycles. The van der Waals surface area contributed by atoms with Gasteiger partial charge >= 0.3 is 0 Å². The van der Waals surface area contributed by atoms with Gasteiger partial charge in [-0.15, -0.1) is 23.5 Å². The number of hydrogen-bond donors (Lipinski definition) is 0. The number of nitrogens with zero attached hydrogens (tertiary/aromatic N) is 1. The Morgan fingerprint density at radius 3 is 2.46 bits per heavy atom. The fourth-order valence-corrected chi connectivity index (χ4v) is 6.60. The maximum atomic E-state index is 5.19. The SMILES string of the molecule is Cc1ccccc1[C@@H]1Sc2ccccc2N=C2c3ccccc3SC[C@@H]21. The lowest BCUT2D eigenvalue weighted by atomic mass is 9.89. The van der Waals surface area contributed by atoms with Gasteiger partial charge in [-0.05, 0) is 36.2 Å². The van der Waals surface area contributed by atoms with Crippen LogP contribution in [-0.2, 0) is 0 Å². The molecule has 0 saturated heterocycles. The van der Waals surface area contributed by atoms with Crippen LogP contribution in [0.3, 0.4) is 0 Å². The second kappa shape index (κ2) is 6.64. The van der Waals surface area contributed by atoms with E-state index in [1.807, 2.05) is 23.5 Å². The molecule has 2 atom stereocenters. The van der Waals surface area contributed by atoms with Crippen molar-refractivity contribution in [2.75, 3.05) is 5.75 Å². The van der Waals surface area contributed by atoms with Crippen molar-refractivity contribution < 1.29 is 0 Å². The average Bonchev–Trinajstić information content (AvgIpc) is 2.85. The van der Waals surface area contributed by atoms with Gasteiger partial charge < -0.3 is 0 Å². The molecular formula is C23H19NS2. The molecule has 0 aromatic heterocycles. The smallest absolute Gasteiger partial charge is 0.0769 e. The first-order valence-electron chi connectivity index (χ1n) is 8.93. The van der Waals surface area contributed by atoms with Crippen molar-refractivity contribution in [3.05, 3.63) is 89.5 Å². The second-order valence-electron chi connectivity index (χ2n) is 6.77. The Labute approximate surface area is 163 Å². The molecular weight excluding hydrogens is 354 g/mol. The maximum absolute atomic E-state index is 5.19. The third kappa shape index (κ3) is 2.70. The van der Waals surface area contributed by atoms with E-state index < -0.39 is 0 Å². The Hall–Kier alpha value is -1.97. The van der Waals surface area contributed by atoms with E-state index in [2.05, 4.69) is 79.7 Å². The molecule has 0 amide bonds. The average molecular weight is 374 g/mol. The standard InChI is InChI=1S/C23H19NS2/c1-15-8-2-3-9-16(15)23-18-14-25-20-12-6-4-10-17(20)22(18)24-19-11-5-7-13-21(19)26-23/h2-13,18,23H,14H2,1H3/t18-,23-/m0/s1. The summed E-state index contributed by atoms with van der Waals surface area (Å²) in [7, 11) is 0. The summed E-state index contributed by atoms with van der Waals surface area (Å²) in [6.07, 6.45) is 0. The molecule has 1 nitrogen and oxygen atoms in total. The fourth-order valence-electron chi connectivity index (χ4n) is 3.82. The number of para-hydroxylation sites is 1. The van der Waals surface area contributed by atoms with E-state index in [9.17, 15) is 0 Å². The molecule has 5 rings (SSSR count). The molecule has 3 aromatic rings. The highest BCUT2D eigenvalue weighted by Gasteiger charge is 2.36. The first kappa shape index (κ1) is 16.2. The summed E-state index contributed by atoms with van der Waals surface area (Å²) in [4.78, 5) is 7.83. The summed E-state index contributed by atoms with van der Waals surface area (Å²) >= 11 is 3.95. The van der Waals surface area contributed by atoms with Crippen molar-refractivity contribution in [2.24, 2.45) is 10.9 Å². The van der Waals surface area contributed by atoms with Crippen LogP contribution in [0.2, 0.25) is 0 Å². The summed E-state index contributed by atoms with van der Waals surface area (Å²) in [5, 5.41) is 0.388. The maximum Gasteiger partial charge on any atom is 0.0769 e. The van der Waals surface area contributed by atoms with Gasteiger partial charge in [-0.2, -0.15) is 0 Å². The summed E-state index contributed by atoms with van der Waals surface area (Å²) in [6, 6.07) is 26.1. The van der Waals surface area contributed by atoms with Gasteiger partial charge in [-0.3, -0.25) is 4.99 Å². The lowest BCUT2D eigenvalue weighted by Crippen LogP contribution is -2.27. The van der Waals surface area contributed by atoms with Crippen LogP contribution in [-0.4, -0.2) is 11.5 Å². The van der Waals surface area contributed by atoms with E-state index in [0.29, 0.717) is 11.2 Å². The summed E-state index contributed by atoms with van der Waals surface area (Å²) in [5.41, 5.74) is 6.48. The van der Waals surface area contributed by atoms with Crippen LogP contribution in [0.15, 0.2) is 87.6 Å². The first-order chi connectivity index (χ1) is 12.8. The molecule has 0 unspecified atom stereocenters. The van der Waals surface area contributed by atoms with Gasteiger partial charge in [0.25, 0.3) is 0 Å². The van der Waals surface area contributed by atoms with Gasteiger partial charge in [0.05, 0.1) is 11.4 Å². The Morgan fingerprint density at radius 2 is 1.58 bits per heavy atom. The van der Waals surface area contributed by atoms with E-state index in [0.717, 1.165) is 11.4 Å². The van der Waals surface area contributed by atoms with Crippen LogP contribution in [0.5, 0.6) is 0 Å². The normalized spacial score (nSPS) is 21.0. The Kier molecular flexibility index (Phi) is 4.14. The highest BCUT2D eigenvalue weighted by Crippen LogP contribution is 2.52. The Bertz CT molecular complexity index is 1010. The van der Waals surface area contributed by atoms with Gasteiger partial charge in [0, 0.05) is 32.3 Å². The lowest BCUT2D eigenvalue weighted by Gasteiger charge is -2.31. The summed E-state index contributed by atoms with van der Waals surface area (Å²) in [5.74, 6) is 1.49. The van der Waals surface area contributed by atoms with Crippen LogP contribution in [0, 0.1) is 12.8 Å². The second-order valence-corrected chi connectivity index (χ2v) is 9.02. The van der Waals surface area contributed by atoms with Crippen molar-refractivity contribution in [3.8, 4) is 0 Å². The minimum atomic E-state index is 0.388. The number of aliphatic imine (C=N–C) groups is 1. The van der Waals surface area contributed by atoms with Crippen LogP contribution in [0.25, 0.3) is 0 Å². The zero-order valence-electron chi connectivity index (χ0n) is 14.6. The number of thioether (sulfide) groups is 2. The van der Waals surface area contributed by atoms with Gasteiger partial charge in [-0.1, -0.05) is 54.6 Å². The van der Waals surface area contributed by atoms with Crippen molar-refractivity contribution >= 4 is 34.9 Å². The molecule has 2 aliphatic rings. The van der Waals surface area contributed by atoms with Crippen LogP contribution >= 0.6 is 23.5 Å². The van der Waals surface area contributed by atoms with Crippen molar-refractivity contribution in [3.63, 3.8) is 0 Å².